The molecule has 7 nitrogen and oxygen atoms in total. The minimum Gasteiger partial charge on any atom is -0.495 e. The van der Waals surface area contributed by atoms with Crippen molar-refractivity contribution in [3.05, 3.63) is 47.5 Å². The first-order chi connectivity index (χ1) is 12.2. The van der Waals surface area contributed by atoms with Gasteiger partial charge in [0, 0.05) is 17.2 Å². The Morgan fingerprint density at radius 1 is 1.23 bits per heavy atom. The van der Waals surface area contributed by atoms with Crippen molar-refractivity contribution < 1.29 is 22.7 Å². The summed E-state index contributed by atoms with van der Waals surface area (Å²) in [7, 11) is -2.65. The lowest BCUT2D eigenvalue weighted by atomic mass is 9.97. The van der Waals surface area contributed by atoms with Crippen LogP contribution in [0.3, 0.4) is 0 Å². The molecule has 0 bridgehead atoms. The molecule has 1 amide bonds. The summed E-state index contributed by atoms with van der Waals surface area (Å²) in [5.74, 6) is 0.462. The van der Waals surface area contributed by atoms with E-state index in [2.05, 4.69) is 5.32 Å². The van der Waals surface area contributed by atoms with E-state index in [4.69, 9.17) is 14.6 Å². The van der Waals surface area contributed by atoms with Gasteiger partial charge in [-0.3, -0.25) is 4.79 Å². The highest BCUT2D eigenvalue weighted by molar-refractivity contribution is 7.89. The van der Waals surface area contributed by atoms with Crippen LogP contribution in [0.1, 0.15) is 35.7 Å². The highest BCUT2D eigenvalue weighted by atomic mass is 32.2. The van der Waals surface area contributed by atoms with E-state index < -0.39 is 15.9 Å². The normalized spacial score (nSPS) is 18.8. The molecule has 0 saturated heterocycles. The maximum absolute atomic E-state index is 12.7. The second kappa shape index (κ2) is 6.62. The highest BCUT2D eigenvalue weighted by Gasteiger charge is 2.31. The fourth-order valence-corrected chi connectivity index (χ4v) is 3.66. The van der Waals surface area contributed by atoms with Crippen LogP contribution in [0, 0.1) is 0 Å². The number of para-hydroxylation sites is 1. The molecule has 1 aliphatic heterocycles. The Balaban J connectivity index is 1.93. The van der Waals surface area contributed by atoms with Crippen molar-refractivity contribution in [1.29, 1.82) is 0 Å². The Morgan fingerprint density at radius 3 is 2.62 bits per heavy atom. The van der Waals surface area contributed by atoms with Crippen LogP contribution in [0.25, 0.3) is 0 Å². The van der Waals surface area contributed by atoms with Gasteiger partial charge in [-0.2, -0.15) is 0 Å². The van der Waals surface area contributed by atoms with E-state index in [9.17, 15) is 13.2 Å². The molecule has 138 valence electrons. The molecule has 0 aromatic heterocycles. The lowest BCUT2D eigenvalue weighted by Gasteiger charge is -2.12. The number of primary sulfonamides is 1. The van der Waals surface area contributed by atoms with Gasteiger partial charge in [0.1, 0.15) is 22.5 Å². The largest absolute Gasteiger partial charge is 0.495 e. The standard InChI is InChI=1S/C18H20N2O5S/c1-10-11(2)25-17-13(10)5-4-6-14(17)18(21)20-12-7-8-15(24-3)16(9-12)26(19,22)23/h4-11H,1-3H3,(H,20,21)(H2,19,22,23)/t10-,11+/m0/s1. The smallest absolute Gasteiger partial charge is 0.259 e. The van der Waals surface area contributed by atoms with E-state index >= 15 is 0 Å². The molecule has 3 rings (SSSR count). The van der Waals surface area contributed by atoms with Crippen molar-refractivity contribution in [3.63, 3.8) is 0 Å². The molecule has 0 fully saturated rings. The number of hydrogen-bond donors (Lipinski definition) is 2. The maximum Gasteiger partial charge on any atom is 0.259 e. The first-order valence-corrected chi connectivity index (χ1v) is 9.58. The van der Waals surface area contributed by atoms with Crippen LogP contribution in [0.5, 0.6) is 11.5 Å². The third-order valence-corrected chi connectivity index (χ3v) is 5.45. The zero-order valence-corrected chi connectivity index (χ0v) is 15.5. The topological polar surface area (TPSA) is 108 Å². The van der Waals surface area contributed by atoms with Crippen LogP contribution in [0.4, 0.5) is 5.69 Å². The number of anilines is 1. The van der Waals surface area contributed by atoms with E-state index in [1.54, 1.807) is 18.2 Å². The summed E-state index contributed by atoms with van der Waals surface area (Å²) in [5.41, 5.74) is 1.66. The molecule has 1 aliphatic rings. The van der Waals surface area contributed by atoms with Crippen LogP contribution in [-0.4, -0.2) is 27.5 Å². The zero-order valence-electron chi connectivity index (χ0n) is 14.6. The van der Waals surface area contributed by atoms with Gasteiger partial charge in [0.25, 0.3) is 5.91 Å². The molecule has 0 aliphatic carbocycles. The first kappa shape index (κ1) is 18.2. The molecule has 2 aromatic rings. The quantitative estimate of drug-likeness (QED) is 0.852. The van der Waals surface area contributed by atoms with Crippen molar-refractivity contribution in [2.75, 3.05) is 12.4 Å². The predicted octanol–water partition coefficient (Wildman–Crippen LogP) is 2.48. The van der Waals surface area contributed by atoms with Crippen molar-refractivity contribution in [2.45, 2.75) is 30.8 Å². The summed E-state index contributed by atoms with van der Waals surface area (Å²) in [6, 6.07) is 9.65. The summed E-state index contributed by atoms with van der Waals surface area (Å²) in [5, 5.41) is 7.89. The highest BCUT2D eigenvalue weighted by Crippen LogP contribution is 2.40. The first-order valence-electron chi connectivity index (χ1n) is 8.04. The third-order valence-electron chi connectivity index (χ3n) is 4.52. The summed E-state index contributed by atoms with van der Waals surface area (Å²) < 4.78 is 34.3. The Labute approximate surface area is 152 Å². The number of methoxy groups -OCH3 is 1. The van der Waals surface area contributed by atoms with Gasteiger partial charge >= 0.3 is 0 Å². The fourth-order valence-electron chi connectivity index (χ4n) is 2.94. The van der Waals surface area contributed by atoms with E-state index in [1.807, 2.05) is 19.9 Å². The number of nitrogens with two attached hydrogens (primary N) is 1. The second-order valence-corrected chi connectivity index (χ2v) is 7.73. The van der Waals surface area contributed by atoms with Gasteiger partial charge in [-0.15, -0.1) is 0 Å². The number of rotatable bonds is 4. The van der Waals surface area contributed by atoms with Crippen LogP contribution < -0.4 is 19.9 Å². The van der Waals surface area contributed by atoms with Gasteiger partial charge in [-0.05, 0) is 31.2 Å². The Kier molecular flexibility index (Phi) is 4.64. The minimum atomic E-state index is -3.99. The van der Waals surface area contributed by atoms with Crippen LogP contribution in [-0.2, 0) is 10.0 Å². The number of ether oxygens (including phenoxy) is 2. The van der Waals surface area contributed by atoms with Gasteiger partial charge in [0.05, 0.1) is 12.7 Å². The summed E-state index contributed by atoms with van der Waals surface area (Å²) in [6.45, 7) is 3.99. The van der Waals surface area contributed by atoms with E-state index in [0.29, 0.717) is 11.3 Å². The average molecular weight is 376 g/mol. The third kappa shape index (κ3) is 3.25. The lowest BCUT2D eigenvalue weighted by molar-refractivity contribution is 0.102. The van der Waals surface area contributed by atoms with E-state index in [1.165, 1.54) is 19.2 Å². The predicted molar refractivity (Wildman–Crippen MR) is 97.3 cm³/mol. The second-order valence-electron chi connectivity index (χ2n) is 6.20. The zero-order chi connectivity index (χ0) is 19.1. The summed E-state index contributed by atoms with van der Waals surface area (Å²) in [6.07, 6.45) is -0.0195. The van der Waals surface area contributed by atoms with Gasteiger partial charge < -0.3 is 14.8 Å². The lowest BCUT2D eigenvalue weighted by Crippen LogP contribution is -2.16. The number of hydrogen-bond acceptors (Lipinski definition) is 5. The van der Waals surface area contributed by atoms with Crippen molar-refractivity contribution in [2.24, 2.45) is 5.14 Å². The molecule has 2 aromatic carbocycles. The van der Waals surface area contributed by atoms with Crippen LogP contribution in [0.2, 0.25) is 0 Å². The minimum absolute atomic E-state index is 0.0195. The van der Waals surface area contributed by atoms with Gasteiger partial charge in [0.15, 0.2) is 0 Å². The number of amides is 1. The molecule has 0 unspecified atom stereocenters. The molecular formula is C18H20N2O5S. The molecule has 0 radical (unpaired) electrons. The SMILES string of the molecule is COc1ccc(NC(=O)c2cccc3c2O[C@H](C)[C@@H]3C)cc1S(N)(=O)=O. The number of nitrogens with one attached hydrogen (secondary N) is 1. The molecule has 0 saturated carbocycles. The molecule has 1 heterocycles. The average Bonchev–Trinajstić information content (AvgIpc) is 2.88. The van der Waals surface area contributed by atoms with Crippen molar-refractivity contribution >= 4 is 21.6 Å². The maximum atomic E-state index is 12.7. The number of carbonyl (C=O) groups is 1. The molecular weight excluding hydrogens is 356 g/mol. The number of benzene rings is 2. The molecule has 0 spiro atoms. The molecule has 26 heavy (non-hydrogen) atoms. The summed E-state index contributed by atoms with van der Waals surface area (Å²) >= 11 is 0. The Morgan fingerprint density at radius 2 is 1.96 bits per heavy atom. The van der Waals surface area contributed by atoms with Crippen molar-refractivity contribution in [3.8, 4) is 11.5 Å². The number of sulfonamides is 1. The van der Waals surface area contributed by atoms with Crippen LogP contribution in [0.15, 0.2) is 41.3 Å². The molecule has 2 atom stereocenters. The van der Waals surface area contributed by atoms with Gasteiger partial charge in [0.2, 0.25) is 10.0 Å². The Hall–Kier alpha value is -2.58. The van der Waals surface area contributed by atoms with Gasteiger partial charge in [-0.25, -0.2) is 13.6 Å². The van der Waals surface area contributed by atoms with Crippen molar-refractivity contribution in [1.82, 2.24) is 0 Å². The number of carbonyl (C=O) groups excluding carboxylic acids is 1. The number of fused-ring (bicyclic) bond motifs is 1. The molecule has 8 heteroatoms. The van der Waals surface area contributed by atoms with E-state index in [0.717, 1.165) is 5.56 Å². The monoisotopic (exact) mass is 376 g/mol. The fraction of sp³-hybridized carbons (Fsp3) is 0.278. The van der Waals surface area contributed by atoms with Crippen LogP contribution >= 0.6 is 0 Å². The van der Waals surface area contributed by atoms with Gasteiger partial charge in [-0.1, -0.05) is 19.1 Å². The van der Waals surface area contributed by atoms with E-state index in [-0.39, 0.29) is 28.4 Å². The summed E-state index contributed by atoms with van der Waals surface area (Å²) in [4.78, 5) is 12.5. The molecule has 3 N–H and O–H groups in total. The Bertz CT molecular complexity index is 972.